The number of nitrogens with zero attached hydrogens (tertiary/aromatic N) is 2. The number of aromatic carboxylic acids is 1. The second-order valence-electron chi connectivity index (χ2n) is 7.18. The van der Waals surface area contributed by atoms with Crippen LogP contribution < -0.4 is 10.1 Å². The summed E-state index contributed by atoms with van der Waals surface area (Å²) in [5, 5.41) is 12.5. The normalized spacial score (nSPS) is 13.5. The summed E-state index contributed by atoms with van der Waals surface area (Å²) >= 11 is 6.45. The van der Waals surface area contributed by atoms with Crippen molar-refractivity contribution in [2.45, 2.75) is 26.7 Å². The molecular weight excluding hydrogens is 420 g/mol. The first-order valence-electron chi connectivity index (χ1n) is 9.56. The van der Waals surface area contributed by atoms with E-state index in [0.29, 0.717) is 46.0 Å². The first-order chi connectivity index (χ1) is 14.8. The number of aryl methyl sites for hydroxylation is 1. The van der Waals surface area contributed by atoms with Crippen LogP contribution in [0.15, 0.2) is 42.1 Å². The van der Waals surface area contributed by atoms with Crippen LogP contribution in [0.2, 0.25) is 5.02 Å². The van der Waals surface area contributed by atoms with E-state index in [1.807, 2.05) is 12.2 Å². The Labute approximate surface area is 182 Å². The molecule has 1 aromatic carbocycles. The van der Waals surface area contributed by atoms with Gasteiger partial charge in [-0.15, -0.1) is 0 Å². The van der Waals surface area contributed by atoms with Gasteiger partial charge in [0, 0.05) is 12.6 Å². The van der Waals surface area contributed by atoms with Gasteiger partial charge in [-0.1, -0.05) is 23.7 Å². The Morgan fingerprint density at radius 3 is 2.68 bits per heavy atom. The predicted molar refractivity (Wildman–Crippen MR) is 116 cm³/mol. The number of carboxylic acid groups (broad SMARTS) is 1. The van der Waals surface area contributed by atoms with Crippen molar-refractivity contribution >= 4 is 40.2 Å². The van der Waals surface area contributed by atoms with Gasteiger partial charge in [-0.2, -0.15) is 4.98 Å². The molecule has 1 aliphatic carbocycles. The number of hydrogen-bond donors (Lipinski definition) is 3. The predicted octanol–water partition coefficient (Wildman–Crippen LogP) is 4.61. The van der Waals surface area contributed by atoms with Crippen LogP contribution in [0.3, 0.4) is 0 Å². The van der Waals surface area contributed by atoms with Crippen LogP contribution in [0.25, 0.3) is 16.7 Å². The number of pyridine rings is 1. The molecule has 0 spiro atoms. The number of aromatic amines is 1. The highest BCUT2D eigenvalue weighted by Gasteiger charge is 2.17. The molecule has 2 aromatic heterocycles. The summed E-state index contributed by atoms with van der Waals surface area (Å²) in [6.45, 7) is 3.19. The first-order valence-corrected chi connectivity index (χ1v) is 9.93. The number of H-pyrrole nitrogens is 1. The number of nitrogens with one attached hydrogen (secondary N) is 2. The van der Waals surface area contributed by atoms with Crippen molar-refractivity contribution in [1.82, 2.24) is 20.3 Å². The van der Waals surface area contributed by atoms with Gasteiger partial charge in [-0.25, -0.2) is 9.78 Å². The zero-order valence-electron chi connectivity index (χ0n) is 16.8. The monoisotopic (exact) mass is 438 g/mol. The molecule has 0 fully saturated rings. The van der Waals surface area contributed by atoms with Gasteiger partial charge >= 0.3 is 12.0 Å². The fourth-order valence-electron chi connectivity index (χ4n) is 3.34. The van der Waals surface area contributed by atoms with Gasteiger partial charge in [-0.3, -0.25) is 4.79 Å². The van der Waals surface area contributed by atoms with Gasteiger partial charge in [0.05, 0.1) is 21.8 Å². The highest BCUT2D eigenvalue weighted by Crippen LogP contribution is 2.32. The number of hydrogen-bond acceptors (Lipinski definition) is 5. The molecule has 0 bridgehead atoms. The smallest absolute Gasteiger partial charge is 0.336 e. The van der Waals surface area contributed by atoms with E-state index in [9.17, 15) is 14.7 Å². The molecule has 31 heavy (non-hydrogen) atoms. The first kappa shape index (κ1) is 20.6. The Bertz CT molecular complexity index is 1280. The zero-order valence-corrected chi connectivity index (χ0v) is 17.6. The van der Waals surface area contributed by atoms with Crippen molar-refractivity contribution in [1.29, 1.82) is 0 Å². The van der Waals surface area contributed by atoms with Crippen molar-refractivity contribution in [3.05, 3.63) is 64.0 Å². The topological polar surface area (TPSA) is 117 Å². The van der Waals surface area contributed by atoms with Crippen LogP contribution in [0.5, 0.6) is 11.8 Å². The molecule has 0 radical (unpaired) electrons. The maximum Gasteiger partial charge on any atom is 0.336 e. The van der Waals surface area contributed by atoms with Crippen LogP contribution in [-0.2, 0) is 4.79 Å². The lowest BCUT2D eigenvalue weighted by Gasteiger charge is -2.15. The standard InChI is InChI=1S/C22H19ClN4O4/c1-11-3-8-15(9-16(11)21(29)30)31-22-25-18-10-17(23)19(26-20(18)27-22)13-4-6-14(7-5-13)24-12(2)28/h3-4,6,8-10H,5,7H2,1-2H3,(H,24,28)(H,29,30)(H,25,26,27). The number of benzene rings is 1. The summed E-state index contributed by atoms with van der Waals surface area (Å²) in [7, 11) is 0. The number of halogens is 1. The Morgan fingerprint density at radius 2 is 2.00 bits per heavy atom. The third-order valence-electron chi connectivity index (χ3n) is 4.85. The molecule has 2 heterocycles. The van der Waals surface area contributed by atoms with Crippen LogP contribution in [0.4, 0.5) is 0 Å². The van der Waals surface area contributed by atoms with Gasteiger partial charge in [0.15, 0.2) is 5.65 Å². The van der Waals surface area contributed by atoms with Gasteiger partial charge in [0.25, 0.3) is 0 Å². The van der Waals surface area contributed by atoms with Crippen molar-refractivity contribution in [2.24, 2.45) is 0 Å². The number of ether oxygens (including phenoxy) is 1. The number of allylic oxidation sites excluding steroid dienone is 4. The minimum absolute atomic E-state index is 0.103. The quantitative estimate of drug-likeness (QED) is 0.535. The molecule has 3 N–H and O–H groups in total. The molecule has 4 rings (SSSR count). The molecule has 9 heteroatoms. The number of rotatable bonds is 5. The van der Waals surface area contributed by atoms with Crippen LogP contribution in [0.1, 0.15) is 41.4 Å². The number of amides is 1. The van der Waals surface area contributed by atoms with Gasteiger partial charge in [0.1, 0.15) is 5.75 Å². The third-order valence-corrected chi connectivity index (χ3v) is 5.14. The fourth-order valence-corrected chi connectivity index (χ4v) is 3.61. The highest BCUT2D eigenvalue weighted by atomic mass is 35.5. The van der Waals surface area contributed by atoms with Crippen molar-refractivity contribution in [3.8, 4) is 11.8 Å². The molecular formula is C22H19ClN4O4. The van der Waals surface area contributed by atoms with Gasteiger partial charge in [-0.05, 0) is 55.2 Å². The summed E-state index contributed by atoms with van der Waals surface area (Å²) in [4.78, 5) is 34.5. The van der Waals surface area contributed by atoms with E-state index in [0.717, 1.165) is 11.3 Å². The molecule has 0 atom stereocenters. The van der Waals surface area contributed by atoms with Gasteiger partial charge < -0.3 is 20.1 Å². The largest absolute Gasteiger partial charge is 0.478 e. The second kappa shape index (κ2) is 8.23. The Morgan fingerprint density at radius 1 is 1.19 bits per heavy atom. The molecule has 0 saturated heterocycles. The number of aromatic nitrogens is 3. The summed E-state index contributed by atoms with van der Waals surface area (Å²) in [5.74, 6) is -0.783. The van der Waals surface area contributed by atoms with Gasteiger partial charge in [0.2, 0.25) is 5.91 Å². The Hall–Kier alpha value is -3.65. The minimum Gasteiger partial charge on any atom is -0.478 e. The minimum atomic E-state index is -1.03. The van der Waals surface area contributed by atoms with E-state index in [2.05, 4.69) is 20.3 Å². The van der Waals surface area contributed by atoms with E-state index >= 15 is 0 Å². The van der Waals surface area contributed by atoms with Crippen molar-refractivity contribution in [3.63, 3.8) is 0 Å². The van der Waals surface area contributed by atoms with Crippen LogP contribution in [0, 0.1) is 6.92 Å². The molecule has 3 aromatic rings. The molecule has 8 nitrogen and oxygen atoms in total. The number of carbonyl (C=O) groups is 2. The average Bonchev–Trinajstić information content (AvgIpc) is 3.10. The lowest BCUT2D eigenvalue weighted by Crippen LogP contribution is -2.20. The lowest BCUT2D eigenvalue weighted by atomic mass is 9.99. The van der Waals surface area contributed by atoms with Crippen LogP contribution in [-0.4, -0.2) is 31.9 Å². The highest BCUT2D eigenvalue weighted by molar-refractivity contribution is 6.32. The maximum absolute atomic E-state index is 11.3. The molecule has 0 aliphatic heterocycles. The third kappa shape index (κ3) is 4.44. The van der Waals surface area contributed by atoms with Crippen LogP contribution >= 0.6 is 11.6 Å². The van der Waals surface area contributed by atoms with E-state index in [4.69, 9.17) is 16.3 Å². The Balaban J connectivity index is 1.62. The molecule has 1 amide bonds. The lowest BCUT2D eigenvalue weighted by molar-refractivity contribution is -0.118. The molecule has 158 valence electrons. The molecule has 1 aliphatic rings. The summed E-state index contributed by atoms with van der Waals surface area (Å²) in [5.41, 5.74) is 4.23. The zero-order chi connectivity index (χ0) is 22.1. The van der Waals surface area contributed by atoms with E-state index in [-0.39, 0.29) is 17.5 Å². The van der Waals surface area contributed by atoms with E-state index in [1.54, 1.807) is 25.1 Å². The fraction of sp³-hybridized carbons (Fsp3) is 0.182. The number of fused-ring (bicyclic) bond motifs is 1. The molecule has 0 unspecified atom stereocenters. The number of carboxylic acids is 1. The summed E-state index contributed by atoms with van der Waals surface area (Å²) in [6, 6.07) is 6.70. The second-order valence-corrected chi connectivity index (χ2v) is 7.59. The summed E-state index contributed by atoms with van der Waals surface area (Å²) < 4.78 is 5.71. The Kier molecular flexibility index (Phi) is 5.48. The average molecular weight is 439 g/mol. The number of carbonyl (C=O) groups excluding carboxylic acids is 1. The summed E-state index contributed by atoms with van der Waals surface area (Å²) in [6.07, 6.45) is 5.09. The molecule has 0 saturated carbocycles. The van der Waals surface area contributed by atoms with E-state index in [1.165, 1.54) is 13.0 Å². The van der Waals surface area contributed by atoms with E-state index < -0.39 is 5.97 Å². The SMILES string of the molecule is CC(=O)NC1=CC=C(c2nc3nc(Oc4ccc(C)c(C(=O)O)c4)[nH]c3cc2Cl)CC1. The number of imidazole rings is 1. The maximum atomic E-state index is 11.3. The van der Waals surface area contributed by atoms with Crippen molar-refractivity contribution in [2.75, 3.05) is 0 Å². The van der Waals surface area contributed by atoms with Crippen molar-refractivity contribution < 1.29 is 19.4 Å².